The van der Waals surface area contributed by atoms with E-state index in [-0.39, 0.29) is 40.8 Å². The Morgan fingerprint density at radius 3 is 1.85 bits per heavy atom. The van der Waals surface area contributed by atoms with E-state index in [0.717, 1.165) is 38.8 Å². The zero-order valence-corrected chi connectivity index (χ0v) is 29.8. The van der Waals surface area contributed by atoms with Crippen LogP contribution >= 0.6 is 0 Å². The number of phenols is 5. The van der Waals surface area contributed by atoms with Crippen molar-refractivity contribution in [3.63, 3.8) is 0 Å². The van der Waals surface area contributed by atoms with Gasteiger partial charge < -0.3 is 45.6 Å². The van der Waals surface area contributed by atoms with Crippen LogP contribution in [0, 0.1) is 6.92 Å². The van der Waals surface area contributed by atoms with Crippen LogP contribution in [0.4, 0.5) is 0 Å². The maximum Gasteiger partial charge on any atom is 0.135 e. The summed E-state index contributed by atoms with van der Waals surface area (Å²) in [5.74, 6) is 0.855. The second kappa shape index (κ2) is 12.5. The summed E-state index contributed by atoms with van der Waals surface area (Å²) in [6.45, 7) is 7.09. The smallest absolute Gasteiger partial charge is 0.135 e. The molecule has 2 atom stereocenters. The van der Waals surface area contributed by atoms with Gasteiger partial charge in [0.15, 0.2) is 0 Å². The summed E-state index contributed by atoms with van der Waals surface area (Å²) in [4.78, 5) is 0. The van der Waals surface area contributed by atoms with Crippen LogP contribution in [0.15, 0.2) is 60.7 Å². The van der Waals surface area contributed by atoms with E-state index in [0.29, 0.717) is 81.4 Å². The van der Waals surface area contributed by atoms with Gasteiger partial charge in [0.1, 0.15) is 40.2 Å². The SMILES string of the molecule is COc1cc(C)cc2c(-c3ccc(O)c4c3CC(C)NC4)cc(-c3cc(-c4c(O)cc(O)c5c4CC(C)NC5)c4cccc(OC)c4c3O)c(O)c12. The molecule has 0 radical (unpaired) electrons. The third kappa shape index (κ3) is 5.14. The molecule has 266 valence electrons. The van der Waals surface area contributed by atoms with Crippen molar-refractivity contribution in [2.24, 2.45) is 0 Å². The number of rotatable bonds is 5. The molecule has 0 saturated carbocycles. The molecule has 9 nitrogen and oxygen atoms in total. The van der Waals surface area contributed by atoms with Crippen LogP contribution in [0.2, 0.25) is 0 Å². The van der Waals surface area contributed by atoms with E-state index in [9.17, 15) is 25.5 Å². The monoisotopic (exact) mass is 698 g/mol. The summed E-state index contributed by atoms with van der Waals surface area (Å²) in [6.07, 6.45) is 1.23. The highest BCUT2D eigenvalue weighted by Gasteiger charge is 2.30. The lowest BCUT2D eigenvalue weighted by molar-refractivity contribution is 0.415. The number of aromatic hydroxyl groups is 5. The van der Waals surface area contributed by atoms with Crippen molar-refractivity contribution >= 4 is 21.5 Å². The molecular formula is C43H42N2O7. The van der Waals surface area contributed by atoms with E-state index >= 15 is 0 Å². The van der Waals surface area contributed by atoms with Gasteiger partial charge in [0, 0.05) is 59.1 Å². The minimum atomic E-state index is -0.101. The number of benzene rings is 6. The lowest BCUT2D eigenvalue weighted by atomic mass is 9.82. The first-order valence-corrected chi connectivity index (χ1v) is 17.6. The number of hydrogen-bond acceptors (Lipinski definition) is 9. The number of fused-ring (bicyclic) bond motifs is 4. The standard InChI is InChI=1S/C43H42N2O7/c1-20-11-27-26(23-9-10-34(46)32-18-44-21(2)13-25(23)32)15-30(43(50)41(27)38(12-20)52-5)31-16-29(24-7-6-8-37(51-4)40(24)42(31)49)39-28-14-22(3)45-19-33(28)35(47)17-36(39)48/h6-12,15-17,21-22,44-50H,13-14,18-19H2,1-5H3. The molecule has 2 aliphatic heterocycles. The quantitative estimate of drug-likeness (QED) is 0.0956. The van der Waals surface area contributed by atoms with Crippen LogP contribution < -0.4 is 20.1 Å². The predicted octanol–water partition coefficient (Wildman–Crippen LogP) is 7.92. The average molecular weight is 699 g/mol. The molecule has 0 fully saturated rings. The van der Waals surface area contributed by atoms with Crippen molar-refractivity contribution in [1.29, 1.82) is 0 Å². The van der Waals surface area contributed by atoms with E-state index in [1.807, 2.05) is 43.3 Å². The molecule has 2 heterocycles. The fourth-order valence-electron chi connectivity index (χ4n) is 8.38. The van der Waals surface area contributed by atoms with Crippen LogP contribution in [0.1, 0.15) is 41.7 Å². The van der Waals surface area contributed by atoms with Crippen molar-refractivity contribution < 1.29 is 35.0 Å². The first-order valence-electron chi connectivity index (χ1n) is 17.6. The molecule has 52 heavy (non-hydrogen) atoms. The minimum absolute atomic E-state index is 0.0116. The van der Waals surface area contributed by atoms with Gasteiger partial charge in [0.05, 0.1) is 25.0 Å². The van der Waals surface area contributed by atoms with Crippen LogP contribution in [-0.4, -0.2) is 51.8 Å². The van der Waals surface area contributed by atoms with E-state index in [1.54, 1.807) is 25.3 Å². The number of phenolic OH excluding ortho intramolecular Hbond substituents is 5. The molecule has 0 amide bonds. The average Bonchev–Trinajstić information content (AvgIpc) is 3.12. The lowest BCUT2D eigenvalue weighted by Gasteiger charge is -2.28. The van der Waals surface area contributed by atoms with E-state index in [4.69, 9.17) is 9.47 Å². The zero-order chi connectivity index (χ0) is 36.6. The van der Waals surface area contributed by atoms with Gasteiger partial charge in [-0.05, 0) is 108 Å². The largest absolute Gasteiger partial charge is 0.508 e. The normalized spacial score (nSPS) is 16.9. The van der Waals surface area contributed by atoms with Crippen molar-refractivity contribution in [2.75, 3.05) is 14.2 Å². The number of methoxy groups -OCH3 is 2. The highest BCUT2D eigenvalue weighted by atomic mass is 16.5. The maximum atomic E-state index is 12.3. The molecule has 0 bridgehead atoms. The lowest BCUT2D eigenvalue weighted by Crippen LogP contribution is -2.33. The molecule has 6 aromatic carbocycles. The van der Waals surface area contributed by atoms with Gasteiger partial charge in [-0.1, -0.05) is 24.3 Å². The van der Waals surface area contributed by atoms with Gasteiger partial charge in [0.2, 0.25) is 0 Å². The molecule has 8 rings (SSSR count). The molecule has 2 aliphatic rings. The van der Waals surface area contributed by atoms with Crippen LogP contribution in [0.25, 0.3) is 54.9 Å². The summed E-state index contributed by atoms with van der Waals surface area (Å²) in [5, 5.41) is 67.2. The van der Waals surface area contributed by atoms with Gasteiger partial charge in [-0.3, -0.25) is 0 Å². The Balaban J connectivity index is 1.52. The Labute approximate surface area is 301 Å². The van der Waals surface area contributed by atoms with Crippen LogP contribution in [0.3, 0.4) is 0 Å². The van der Waals surface area contributed by atoms with E-state index in [1.165, 1.54) is 13.2 Å². The zero-order valence-electron chi connectivity index (χ0n) is 29.8. The first-order chi connectivity index (χ1) is 25.0. The third-order valence-corrected chi connectivity index (χ3v) is 10.9. The van der Waals surface area contributed by atoms with Gasteiger partial charge in [-0.2, -0.15) is 0 Å². The summed E-state index contributed by atoms with van der Waals surface area (Å²) in [5.41, 5.74) is 7.84. The predicted molar refractivity (Wildman–Crippen MR) is 204 cm³/mol. The number of ether oxygens (including phenoxy) is 2. The molecule has 7 N–H and O–H groups in total. The second-order valence-electron chi connectivity index (χ2n) is 14.2. The van der Waals surface area contributed by atoms with Crippen molar-refractivity contribution in [3.8, 4) is 73.6 Å². The first kappa shape index (κ1) is 33.5. The Morgan fingerprint density at radius 1 is 0.558 bits per heavy atom. The van der Waals surface area contributed by atoms with Gasteiger partial charge in [-0.25, -0.2) is 0 Å². The number of nitrogens with one attached hydrogen (secondary N) is 2. The summed E-state index contributed by atoms with van der Waals surface area (Å²) in [7, 11) is 3.11. The van der Waals surface area contributed by atoms with E-state index < -0.39 is 0 Å². The highest BCUT2D eigenvalue weighted by molar-refractivity contribution is 6.13. The van der Waals surface area contributed by atoms with Crippen molar-refractivity contribution in [2.45, 2.75) is 58.8 Å². The Hall–Kier alpha value is -5.64. The summed E-state index contributed by atoms with van der Waals surface area (Å²) < 4.78 is 11.7. The van der Waals surface area contributed by atoms with Crippen molar-refractivity contribution in [1.82, 2.24) is 10.6 Å². The molecule has 6 aromatic rings. The minimum Gasteiger partial charge on any atom is -0.508 e. The molecule has 0 aliphatic carbocycles. The highest BCUT2D eigenvalue weighted by Crippen LogP contribution is 2.54. The number of hydrogen-bond donors (Lipinski definition) is 7. The maximum absolute atomic E-state index is 12.3. The number of aryl methyl sites for hydroxylation is 1. The van der Waals surface area contributed by atoms with Gasteiger partial charge >= 0.3 is 0 Å². The molecule has 0 saturated heterocycles. The molecule has 0 spiro atoms. The third-order valence-electron chi connectivity index (χ3n) is 10.9. The molecule has 0 aromatic heterocycles. The van der Waals surface area contributed by atoms with Gasteiger partial charge in [0.25, 0.3) is 0 Å². The second-order valence-corrected chi connectivity index (χ2v) is 14.2. The summed E-state index contributed by atoms with van der Waals surface area (Å²) >= 11 is 0. The fraction of sp³-hybridized carbons (Fsp3) is 0.256. The molecule has 2 unspecified atom stereocenters. The van der Waals surface area contributed by atoms with Crippen LogP contribution in [0.5, 0.6) is 40.2 Å². The molecular weight excluding hydrogens is 656 g/mol. The Bertz CT molecular complexity index is 2460. The van der Waals surface area contributed by atoms with Crippen molar-refractivity contribution in [3.05, 3.63) is 88.5 Å². The fourth-order valence-corrected chi connectivity index (χ4v) is 8.38. The molecule has 9 heteroatoms. The Morgan fingerprint density at radius 2 is 1.17 bits per heavy atom. The van der Waals surface area contributed by atoms with E-state index in [2.05, 4.69) is 24.5 Å². The van der Waals surface area contributed by atoms with Gasteiger partial charge in [-0.15, -0.1) is 0 Å². The Kier molecular flexibility index (Phi) is 8.08. The van der Waals surface area contributed by atoms with Crippen LogP contribution in [-0.2, 0) is 25.9 Å². The topological polar surface area (TPSA) is 144 Å². The summed E-state index contributed by atoms with van der Waals surface area (Å²) in [6, 6.07) is 18.3.